The standard InChI is InChI=1S/C30H42N6O2/c1-21-5-4-6-26(32-21)30(37)33-28-17-24-20-36(34-27(24)18-29(28)38-3)25-9-7-23(8-10-25)19-35(2)16-13-22-11-14-31-15-12-22/h4-6,17-18,20,22-23,25,31H,7-16,19H2,1-3H3,(H,33,37). The molecule has 0 bridgehead atoms. The highest BCUT2D eigenvalue weighted by atomic mass is 16.5. The van der Waals surface area contributed by atoms with E-state index in [9.17, 15) is 4.79 Å². The fourth-order valence-corrected chi connectivity index (χ4v) is 6.08. The average Bonchev–Trinajstić information content (AvgIpc) is 3.35. The van der Waals surface area contributed by atoms with Crippen LogP contribution in [0.15, 0.2) is 36.5 Å². The van der Waals surface area contributed by atoms with Crippen molar-refractivity contribution in [2.45, 2.75) is 57.9 Å². The van der Waals surface area contributed by atoms with Crippen LogP contribution in [-0.2, 0) is 0 Å². The Morgan fingerprint density at radius 1 is 1.13 bits per heavy atom. The zero-order valence-electron chi connectivity index (χ0n) is 23.1. The van der Waals surface area contributed by atoms with Gasteiger partial charge in [0, 0.05) is 29.9 Å². The van der Waals surface area contributed by atoms with E-state index in [4.69, 9.17) is 9.84 Å². The largest absolute Gasteiger partial charge is 0.494 e. The number of pyridine rings is 1. The van der Waals surface area contributed by atoms with Gasteiger partial charge in [-0.05, 0) is 109 Å². The molecule has 0 spiro atoms. The molecular formula is C30H42N6O2. The van der Waals surface area contributed by atoms with E-state index in [-0.39, 0.29) is 5.91 Å². The van der Waals surface area contributed by atoms with Gasteiger partial charge in [0.15, 0.2) is 0 Å². The first-order valence-corrected chi connectivity index (χ1v) is 14.2. The molecule has 5 rings (SSSR count). The normalized spacial score (nSPS) is 20.6. The summed E-state index contributed by atoms with van der Waals surface area (Å²) in [6, 6.07) is 9.71. The van der Waals surface area contributed by atoms with E-state index in [2.05, 4.69) is 38.4 Å². The van der Waals surface area contributed by atoms with Crippen molar-refractivity contribution < 1.29 is 9.53 Å². The molecule has 8 nitrogen and oxygen atoms in total. The maximum Gasteiger partial charge on any atom is 0.274 e. The Balaban J connectivity index is 1.18. The molecule has 0 radical (unpaired) electrons. The number of nitrogens with zero attached hydrogens (tertiary/aromatic N) is 4. The van der Waals surface area contributed by atoms with E-state index in [1.54, 1.807) is 13.2 Å². The third-order valence-electron chi connectivity index (χ3n) is 8.35. The van der Waals surface area contributed by atoms with Crippen molar-refractivity contribution in [2.75, 3.05) is 45.7 Å². The number of ether oxygens (including phenoxy) is 1. The van der Waals surface area contributed by atoms with Gasteiger partial charge in [-0.25, -0.2) is 4.98 Å². The highest BCUT2D eigenvalue weighted by Gasteiger charge is 2.25. The molecule has 204 valence electrons. The smallest absolute Gasteiger partial charge is 0.274 e. The van der Waals surface area contributed by atoms with Gasteiger partial charge in [-0.15, -0.1) is 0 Å². The SMILES string of the molecule is COc1cc2nn(C3CCC(CN(C)CCC4CCNCC4)CC3)cc2cc1NC(=O)c1cccc(C)n1. The van der Waals surface area contributed by atoms with Gasteiger partial charge in [-0.1, -0.05) is 6.07 Å². The number of rotatable bonds is 9. The van der Waals surface area contributed by atoms with Gasteiger partial charge in [0.2, 0.25) is 0 Å². The molecule has 2 fully saturated rings. The molecule has 38 heavy (non-hydrogen) atoms. The third-order valence-corrected chi connectivity index (χ3v) is 8.35. The number of piperidine rings is 1. The molecule has 8 heteroatoms. The summed E-state index contributed by atoms with van der Waals surface area (Å²) in [5.74, 6) is 2.01. The summed E-state index contributed by atoms with van der Waals surface area (Å²) < 4.78 is 7.72. The number of benzene rings is 1. The Hall–Kier alpha value is -2.97. The lowest BCUT2D eigenvalue weighted by molar-refractivity contribution is 0.102. The molecule has 2 aliphatic rings. The predicted molar refractivity (Wildman–Crippen MR) is 152 cm³/mol. The van der Waals surface area contributed by atoms with Gasteiger partial charge in [-0.2, -0.15) is 5.10 Å². The van der Waals surface area contributed by atoms with Crippen LogP contribution in [0.25, 0.3) is 10.9 Å². The van der Waals surface area contributed by atoms with E-state index in [1.807, 2.05) is 31.2 Å². The van der Waals surface area contributed by atoms with Gasteiger partial charge in [0.1, 0.15) is 11.4 Å². The van der Waals surface area contributed by atoms with Crippen LogP contribution in [0.1, 0.15) is 67.2 Å². The third kappa shape index (κ3) is 6.53. The number of methoxy groups -OCH3 is 1. The zero-order valence-corrected chi connectivity index (χ0v) is 23.1. The van der Waals surface area contributed by atoms with Crippen molar-refractivity contribution in [1.29, 1.82) is 0 Å². The first-order valence-electron chi connectivity index (χ1n) is 14.2. The number of carbonyl (C=O) groups excluding carboxylic acids is 1. The molecule has 1 saturated carbocycles. The van der Waals surface area contributed by atoms with Gasteiger partial charge < -0.3 is 20.3 Å². The molecule has 1 aliphatic heterocycles. The van der Waals surface area contributed by atoms with Gasteiger partial charge >= 0.3 is 0 Å². The fourth-order valence-electron chi connectivity index (χ4n) is 6.08. The summed E-state index contributed by atoms with van der Waals surface area (Å²) in [7, 11) is 3.91. The predicted octanol–water partition coefficient (Wildman–Crippen LogP) is 5.05. The van der Waals surface area contributed by atoms with Crippen LogP contribution in [0.2, 0.25) is 0 Å². The Labute approximate surface area is 226 Å². The van der Waals surface area contributed by atoms with Gasteiger partial charge in [0.05, 0.1) is 24.4 Å². The van der Waals surface area contributed by atoms with Crippen LogP contribution in [0.3, 0.4) is 0 Å². The number of amides is 1. The van der Waals surface area contributed by atoms with Crippen LogP contribution in [0.4, 0.5) is 5.69 Å². The van der Waals surface area contributed by atoms with Crippen LogP contribution < -0.4 is 15.4 Å². The van der Waals surface area contributed by atoms with E-state index in [0.29, 0.717) is 23.2 Å². The highest BCUT2D eigenvalue weighted by molar-refractivity contribution is 6.05. The number of aryl methyl sites for hydroxylation is 1. The maximum absolute atomic E-state index is 12.8. The maximum atomic E-state index is 12.8. The van der Waals surface area contributed by atoms with E-state index >= 15 is 0 Å². The summed E-state index contributed by atoms with van der Waals surface area (Å²) in [5, 5.41) is 12.3. The molecule has 1 aliphatic carbocycles. The summed E-state index contributed by atoms with van der Waals surface area (Å²) in [4.78, 5) is 19.7. The Bertz CT molecular complexity index is 1230. The molecule has 0 unspecified atom stereocenters. The second kappa shape index (κ2) is 12.3. The van der Waals surface area contributed by atoms with Gasteiger partial charge in [-0.3, -0.25) is 9.48 Å². The van der Waals surface area contributed by atoms with Crippen molar-refractivity contribution in [3.63, 3.8) is 0 Å². The number of aromatic nitrogens is 3. The first kappa shape index (κ1) is 26.6. The van der Waals surface area contributed by atoms with Crippen molar-refractivity contribution in [1.82, 2.24) is 25.0 Å². The molecule has 1 aromatic carbocycles. The average molecular weight is 519 g/mol. The van der Waals surface area contributed by atoms with Crippen molar-refractivity contribution in [2.24, 2.45) is 11.8 Å². The fraction of sp³-hybridized carbons (Fsp3) is 0.567. The summed E-state index contributed by atoms with van der Waals surface area (Å²) >= 11 is 0. The van der Waals surface area contributed by atoms with Gasteiger partial charge in [0.25, 0.3) is 5.91 Å². The summed E-state index contributed by atoms with van der Waals surface area (Å²) in [6.07, 6.45) is 10.9. The van der Waals surface area contributed by atoms with E-state index in [1.165, 1.54) is 58.3 Å². The summed E-state index contributed by atoms with van der Waals surface area (Å²) in [6.45, 7) is 6.67. The number of anilines is 1. The molecule has 1 saturated heterocycles. The highest BCUT2D eigenvalue weighted by Crippen LogP contribution is 2.35. The van der Waals surface area contributed by atoms with Crippen molar-refractivity contribution in [3.8, 4) is 5.75 Å². The minimum absolute atomic E-state index is 0.252. The van der Waals surface area contributed by atoms with Crippen LogP contribution in [0.5, 0.6) is 5.75 Å². The lowest BCUT2D eigenvalue weighted by Crippen LogP contribution is -2.33. The second-order valence-electron chi connectivity index (χ2n) is 11.3. The molecule has 0 atom stereocenters. The number of nitrogens with one attached hydrogen (secondary N) is 2. The quantitative estimate of drug-likeness (QED) is 0.412. The molecule has 3 heterocycles. The monoisotopic (exact) mass is 518 g/mol. The van der Waals surface area contributed by atoms with Crippen molar-refractivity contribution in [3.05, 3.63) is 47.9 Å². The lowest BCUT2D eigenvalue weighted by atomic mass is 9.85. The topological polar surface area (TPSA) is 84.3 Å². The Kier molecular flexibility index (Phi) is 8.59. The molecular weight excluding hydrogens is 476 g/mol. The second-order valence-corrected chi connectivity index (χ2v) is 11.3. The number of hydrogen-bond donors (Lipinski definition) is 2. The zero-order chi connectivity index (χ0) is 26.5. The minimum Gasteiger partial charge on any atom is -0.494 e. The molecule has 3 aromatic rings. The number of fused-ring (bicyclic) bond motifs is 1. The minimum atomic E-state index is -0.252. The molecule has 2 aromatic heterocycles. The van der Waals surface area contributed by atoms with E-state index < -0.39 is 0 Å². The lowest BCUT2D eigenvalue weighted by Gasteiger charge is -2.32. The molecule has 1 amide bonds. The van der Waals surface area contributed by atoms with Crippen LogP contribution in [-0.4, -0.2) is 65.9 Å². The number of hydrogen-bond acceptors (Lipinski definition) is 6. The van der Waals surface area contributed by atoms with Crippen LogP contribution >= 0.6 is 0 Å². The molecule has 2 N–H and O–H groups in total. The van der Waals surface area contributed by atoms with Crippen molar-refractivity contribution >= 4 is 22.5 Å². The number of carbonyl (C=O) groups is 1. The summed E-state index contributed by atoms with van der Waals surface area (Å²) in [5.41, 5.74) is 2.70. The Morgan fingerprint density at radius 3 is 2.66 bits per heavy atom. The van der Waals surface area contributed by atoms with Crippen LogP contribution in [0, 0.1) is 18.8 Å². The Morgan fingerprint density at radius 2 is 1.92 bits per heavy atom. The van der Waals surface area contributed by atoms with E-state index in [0.717, 1.165) is 41.3 Å². The first-order chi connectivity index (χ1) is 18.5.